The van der Waals surface area contributed by atoms with E-state index in [0.717, 1.165) is 0 Å². The fraction of sp³-hybridized carbons (Fsp3) is 0.333. The topological polar surface area (TPSA) is 12.0 Å². The predicted molar refractivity (Wildman–Crippen MR) is 57.8 cm³/mol. The summed E-state index contributed by atoms with van der Waals surface area (Å²) < 4.78 is 0. The molecule has 0 aromatic heterocycles. The summed E-state index contributed by atoms with van der Waals surface area (Å²) in [6, 6.07) is 8.44. The zero-order valence-electron chi connectivity index (χ0n) is 9.09. The summed E-state index contributed by atoms with van der Waals surface area (Å²) in [6.45, 7) is 6.54. The quantitative estimate of drug-likeness (QED) is 0.684. The Morgan fingerprint density at radius 3 is 2.50 bits per heavy atom. The molecule has 1 aromatic carbocycles. The van der Waals surface area contributed by atoms with Gasteiger partial charge in [-0.05, 0) is 32.4 Å². The summed E-state index contributed by atoms with van der Waals surface area (Å²) in [5.41, 5.74) is 4.01. The van der Waals surface area contributed by atoms with Crippen molar-refractivity contribution in [2.24, 2.45) is 0 Å². The molecule has 0 unspecified atom stereocenters. The molecule has 0 radical (unpaired) electrons. The Bertz CT molecular complexity index is 366. The van der Waals surface area contributed by atoms with Crippen LogP contribution in [-0.4, -0.2) is 5.54 Å². The second-order valence-electron chi connectivity index (χ2n) is 4.22. The van der Waals surface area contributed by atoms with Gasteiger partial charge in [-0.2, -0.15) is 0 Å². The van der Waals surface area contributed by atoms with Gasteiger partial charge in [-0.1, -0.05) is 24.3 Å². The first-order valence-electron chi connectivity index (χ1n) is 4.65. The van der Waals surface area contributed by atoms with E-state index in [9.17, 15) is 0 Å². The molecule has 2 rings (SSSR count). The Labute approximate surface area is 98.4 Å². The summed E-state index contributed by atoms with van der Waals surface area (Å²) in [5.74, 6) is 0. The average molecular weight is 239 g/mol. The number of fused-ring (bicyclic) bond motifs is 1. The van der Waals surface area contributed by atoms with Crippen LogP contribution in [0.25, 0.3) is 5.57 Å². The first-order valence-corrected chi connectivity index (χ1v) is 4.65. The summed E-state index contributed by atoms with van der Waals surface area (Å²) in [5, 5.41) is 3.49. The van der Waals surface area contributed by atoms with Gasteiger partial charge in [-0.15, -0.1) is 0 Å². The predicted octanol–water partition coefficient (Wildman–Crippen LogP) is 3.29. The van der Waals surface area contributed by atoms with Crippen LogP contribution in [-0.2, 0) is 19.5 Å². The SMILES string of the molecule is CC1=CC(C)(C)Nc2ccccc21.[Zn]. The van der Waals surface area contributed by atoms with Crippen LogP contribution in [0.1, 0.15) is 26.3 Å². The van der Waals surface area contributed by atoms with Crippen molar-refractivity contribution in [3.8, 4) is 0 Å². The molecule has 1 aromatic rings. The monoisotopic (exact) mass is 237 g/mol. The number of benzene rings is 1. The minimum absolute atomic E-state index is 0. The van der Waals surface area contributed by atoms with Gasteiger partial charge in [-0.3, -0.25) is 0 Å². The van der Waals surface area contributed by atoms with Gasteiger partial charge in [-0.25, -0.2) is 0 Å². The molecule has 0 saturated carbocycles. The van der Waals surface area contributed by atoms with Gasteiger partial charge in [0.25, 0.3) is 0 Å². The molecule has 0 atom stereocenters. The van der Waals surface area contributed by atoms with Crippen LogP contribution in [0.2, 0.25) is 0 Å². The number of allylic oxidation sites excluding steroid dienone is 1. The van der Waals surface area contributed by atoms with Crippen molar-refractivity contribution in [1.82, 2.24) is 0 Å². The van der Waals surface area contributed by atoms with E-state index in [0.29, 0.717) is 0 Å². The van der Waals surface area contributed by atoms with Gasteiger partial charge in [0.1, 0.15) is 0 Å². The van der Waals surface area contributed by atoms with Gasteiger partial charge < -0.3 is 5.32 Å². The molecule has 0 spiro atoms. The largest absolute Gasteiger partial charge is 0.376 e. The number of rotatable bonds is 0. The molecule has 0 fully saturated rings. The molecule has 1 aliphatic rings. The molecule has 0 bridgehead atoms. The maximum Gasteiger partial charge on any atom is 0.0505 e. The van der Waals surface area contributed by atoms with Crippen LogP contribution in [0, 0.1) is 0 Å². The summed E-state index contributed by atoms with van der Waals surface area (Å²) in [7, 11) is 0. The van der Waals surface area contributed by atoms with Crippen LogP contribution in [0.15, 0.2) is 30.3 Å². The van der Waals surface area contributed by atoms with Crippen molar-refractivity contribution >= 4 is 11.3 Å². The zero-order chi connectivity index (χ0) is 9.47. The molecule has 0 amide bonds. The molecule has 14 heavy (non-hydrogen) atoms. The maximum atomic E-state index is 3.49. The molecule has 1 nitrogen and oxygen atoms in total. The van der Waals surface area contributed by atoms with Gasteiger partial charge in [0.2, 0.25) is 0 Å². The molecular weight excluding hydrogens is 224 g/mol. The molecule has 1 N–H and O–H groups in total. The summed E-state index contributed by atoms with van der Waals surface area (Å²) in [6.07, 6.45) is 2.27. The van der Waals surface area contributed by atoms with Crippen LogP contribution >= 0.6 is 0 Å². The molecule has 2 heteroatoms. The van der Waals surface area contributed by atoms with Crippen molar-refractivity contribution in [1.29, 1.82) is 0 Å². The van der Waals surface area contributed by atoms with Crippen molar-refractivity contribution in [2.45, 2.75) is 26.3 Å². The van der Waals surface area contributed by atoms with Crippen molar-refractivity contribution in [2.75, 3.05) is 5.32 Å². The fourth-order valence-corrected chi connectivity index (χ4v) is 1.94. The third-order valence-corrected chi connectivity index (χ3v) is 2.39. The van der Waals surface area contributed by atoms with Crippen LogP contribution in [0.4, 0.5) is 5.69 Å². The van der Waals surface area contributed by atoms with Crippen LogP contribution in [0.5, 0.6) is 0 Å². The molecule has 0 aliphatic carbocycles. The Hall–Kier alpha value is -0.617. The average Bonchev–Trinajstić information content (AvgIpc) is 2.02. The normalized spacial score (nSPS) is 17.2. The van der Waals surface area contributed by atoms with Crippen molar-refractivity contribution < 1.29 is 19.5 Å². The Kier molecular flexibility index (Phi) is 3.16. The molecule has 70 valence electrons. The van der Waals surface area contributed by atoms with E-state index in [1.165, 1.54) is 16.8 Å². The smallest absolute Gasteiger partial charge is 0.0505 e. The molecule has 0 saturated heterocycles. The number of hydrogen-bond acceptors (Lipinski definition) is 1. The van der Waals surface area contributed by atoms with Crippen LogP contribution in [0.3, 0.4) is 0 Å². The third kappa shape index (κ3) is 2.06. The van der Waals surface area contributed by atoms with E-state index in [1.54, 1.807) is 0 Å². The zero-order valence-corrected chi connectivity index (χ0v) is 12.1. The van der Waals surface area contributed by atoms with Crippen molar-refractivity contribution in [3.05, 3.63) is 35.9 Å². The fourth-order valence-electron chi connectivity index (χ4n) is 1.94. The number of anilines is 1. The van der Waals surface area contributed by atoms with Gasteiger partial charge in [0.15, 0.2) is 0 Å². The molecule has 1 aliphatic heterocycles. The second-order valence-corrected chi connectivity index (χ2v) is 4.22. The Morgan fingerprint density at radius 1 is 1.14 bits per heavy atom. The standard InChI is InChI=1S/C12H15N.Zn/c1-9-8-12(2,3)13-11-7-5-4-6-10(9)11;/h4-8,13H,1-3H3;. The number of para-hydroxylation sites is 1. The minimum atomic E-state index is 0. The maximum absolute atomic E-state index is 3.49. The van der Waals surface area contributed by atoms with Gasteiger partial charge in [0, 0.05) is 30.7 Å². The minimum Gasteiger partial charge on any atom is -0.376 e. The molecule has 1 heterocycles. The van der Waals surface area contributed by atoms with E-state index in [2.05, 4.69) is 56.4 Å². The van der Waals surface area contributed by atoms with E-state index < -0.39 is 0 Å². The first-order chi connectivity index (χ1) is 6.08. The first kappa shape index (κ1) is 11.5. The van der Waals surface area contributed by atoms with Crippen molar-refractivity contribution in [3.63, 3.8) is 0 Å². The molecular formula is C12H15NZn. The van der Waals surface area contributed by atoms with E-state index in [1.807, 2.05) is 0 Å². The Morgan fingerprint density at radius 2 is 1.79 bits per heavy atom. The number of nitrogens with one attached hydrogen (secondary N) is 1. The van der Waals surface area contributed by atoms with E-state index in [4.69, 9.17) is 0 Å². The Balaban J connectivity index is 0.000000980. The van der Waals surface area contributed by atoms with Gasteiger partial charge in [0.05, 0.1) is 5.54 Å². The number of hydrogen-bond donors (Lipinski definition) is 1. The summed E-state index contributed by atoms with van der Waals surface area (Å²) in [4.78, 5) is 0. The van der Waals surface area contributed by atoms with E-state index >= 15 is 0 Å². The second kappa shape index (κ2) is 3.86. The third-order valence-electron chi connectivity index (χ3n) is 2.39. The van der Waals surface area contributed by atoms with Crippen LogP contribution < -0.4 is 5.32 Å². The van der Waals surface area contributed by atoms with E-state index in [-0.39, 0.29) is 25.0 Å². The summed E-state index contributed by atoms with van der Waals surface area (Å²) >= 11 is 0. The van der Waals surface area contributed by atoms with Gasteiger partial charge >= 0.3 is 0 Å².